The van der Waals surface area contributed by atoms with E-state index in [4.69, 9.17) is 29.9 Å². The van der Waals surface area contributed by atoms with Crippen LogP contribution in [0.2, 0.25) is 0 Å². The highest BCUT2D eigenvalue weighted by Crippen LogP contribution is 2.43. The molecule has 4 aromatic heterocycles. The van der Waals surface area contributed by atoms with Crippen molar-refractivity contribution in [2.24, 2.45) is 0 Å². The number of aromatic nitrogens is 8. The van der Waals surface area contributed by atoms with E-state index in [2.05, 4.69) is 204 Å². The molecule has 0 amide bonds. The van der Waals surface area contributed by atoms with Crippen LogP contribution in [0, 0.1) is 0 Å². The Labute approximate surface area is 413 Å². The van der Waals surface area contributed by atoms with Gasteiger partial charge < -0.3 is 0 Å². The van der Waals surface area contributed by atoms with Gasteiger partial charge in [0.2, 0.25) is 0 Å². The van der Waals surface area contributed by atoms with Crippen molar-refractivity contribution < 1.29 is 0 Å². The van der Waals surface area contributed by atoms with Crippen LogP contribution in [0.5, 0.6) is 0 Å². The minimum Gasteiger partial charge on any atom is -0.264 e. The molecule has 0 spiro atoms. The van der Waals surface area contributed by atoms with Crippen LogP contribution in [-0.2, 0) is 0 Å². The maximum Gasteiger partial charge on any atom is 0.164 e. The van der Waals surface area contributed by atoms with E-state index >= 15 is 0 Å². The molecule has 8 nitrogen and oxygen atoms in total. The Morgan fingerprint density at radius 3 is 1.00 bits per heavy atom. The standard InChI is InChI=1S/C64H38N8/c1-3-15-49-41(9-1)11-5-17-53(49)61-70-62(54-18-6-12-42-10-2-4-16-50(42)54)72-64(71-61)56-34-30-44-27-31-51-55(33-29-43-28-32-52(56)58(44)57(43)51)63-68-59(45-23-19-39(20-24-45)47-13-7-35-65-37-47)67-60(69-63)46-25-21-40(22-26-46)48-14-8-36-66-38-48/h1-38H. The van der Waals surface area contributed by atoms with E-state index in [1.165, 1.54) is 0 Å². The van der Waals surface area contributed by atoms with Gasteiger partial charge >= 0.3 is 0 Å². The molecule has 334 valence electrons. The molecular formula is C64H38N8. The fourth-order valence-electron chi connectivity index (χ4n) is 10.2. The van der Waals surface area contributed by atoms with Gasteiger partial charge in [-0.15, -0.1) is 0 Å². The second kappa shape index (κ2) is 16.9. The largest absolute Gasteiger partial charge is 0.264 e. The number of hydrogen-bond acceptors (Lipinski definition) is 8. The van der Waals surface area contributed by atoms with E-state index in [-0.39, 0.29) is 0 Å². The third-order valence-corrected chi connectivity index (χ3v) is 13.8. The van der Waals surface area contributed by atoms with Crippen molar-refractivity contribution in [2.45, 2.75) is 0 Å². The van der Waals surface area contributed by atoms with E-state index < -0.39 is 0 Å². The first kappa shape index (κ1) is 41.1. The van der Waals surface area contributed by atoms with Crippen molar-refractivity contribution in [3.8, 4) is 90.6 Å². The van der Waals surface area contributed by atoms with Gasteiger partial charge in [-0.3, -0.25) is 9.97 Å². The summed E-state index contributed by atoms with van der Waals surface area (Å²) in [5.74, 6) is 3.58. The first-order valence-electron chi connectivity index (χ1n) is 23.9. The lowest BCUT2D eigenvalue weighted by molar-refractivity contribution is 1.08. The van der Waals surface area contributed by atoms with Crippen molar-refractivity contribution in [2.75, 3.05) is 0 Å². The average Bonchev–Trinajstić information content (AvgIpc) is 3.46. The maximum absolute atomic E-state index is 5.34. The summed E-state index contributed by atoms with van der Waals surface area (Å²) in [5, 5.41) is 10.9. The zero-order valence-corrected chi connectivity index (χ0v) is 38.5. The molecule has 10 aromatic carbocycles. The monoisotopic (exact) mass is 918 g/mol. The van der Waals surface area contributed by atoms with E-state index in [0.29, 0.717) is 34.9 Å². The van der Waals surface area contributed by atoms with Crippen molar-refractivity contribution in [1.29, 1.82) is 0 Å². The van der Waals surface area contributed by atoms with Crippen LogP contribution in [0.15, 0.2) is 231 Å². The molecule has 8 heteroatoms. The fourth-order valence-corrected chi connectivity index (χ4v) is 10.2. The third-order valence-electron chi connectivity index (χ3n) is 13.8. The molecule has 0 aliphatic carbocycles. The number of fused-ring (bicyclic) bond motifs is 2. The highest BCUT2D eigenvalue weighted by atomic mass is 15.0. The molecule has 4 heterocycles. The number of benzene rings is 10. The van der Waals surface area contributed by atoms with Crippen molar-refractivity contribution >= 4 is 53.9 Å². The fraction of sp³-hybridized carbons (Fsp3) is 0. The SMILES string of the molecule is c1cncc(-c2ccc(-c3nc(-c4ccc(-c5cccnc5)cc4)nc(-c4ccc5ccc6c(-c7nc(-c8cccc9ccccc89)nc(-c8cccc9ccccc89)n7)ccc7ccc4c5c76)n3)cc2)c1. The number of rotatable bonds is 8. The summed E-state index contributed by atoms with van der Waals surface area (Å²) in [4.78, 5) is 40.3. The number of hydrogen-bond donors (Lipinski definition) is 0. The maximum atomic E-state index is 5.34. The van der Waals surface area contributed by atoms with Gasteiger partial charge in [0.15, 0.2) is 34.9 Å². The minimum atomic E-state index is 0.580. The smallest absolute Gasteiger partial charge is 0.164 e. The topological polar surface area (TPSA) is 103 Å². The first-order chi connectivity index (χ1) is 35.7. The lowest BCUT2D eigenvalue weighted by atomic mass is 9.89. The van der Waals surface area contributed by atoms with Crippen LogP contribution >= 0.6 is 0 Å². The summed E-state index contributed by atoms with van der Waals surface area (Å²) in [6, 6.07) is 71.5. The molecule has 0 radical (unpaired) electrons. The molecule has 0 saturated carbocycles. The predicted octanol–water partition coefficient (Wildman–Crippen LogP) is 15.4. The first-order valence-corrected chi connectivity index (χ1v) is 23.9. The summed E-state index contributed by atoms with van der Waals surface area (Å²) in [7, 11) is 0. The lowest BCUT2D eigenvalue weighted by Gasteiger charge is -2.17. The van der Waals surface area contributed by atoms with E-state index in [1.807, 2.05) is 24.5 Å². The van der Waals surface area contributed by atoms with E-state index in [9.17, 15) is 0 Å². The summed E-state index contributed by atoms with van der Waals surface area (Å²) < 4.78 is 0. The molecule has 0 fully saturated rings. The van der Waals surface area contributed by atoms with Gasteiger partial charge in [0, 0.05) is 58.2 Å². The second-order valence-electron chi connectivity index (χ2n) is 18.0. The van der Waals surface area contributed by atoms with Gasteiger partial charge in [-0.1, -0.05) is 182 Å². The molecule has 0 N–H and O–H groups in total. The molecule has 0 unspecified atom stereocenters. The van der Waals surface area contributed by atoms with Crippen molar-refractivity contribution in [3.05, 3.63) is 231 Å². The zero-order chi connectivity index (χ0) is 47.5. The van der Waals surface area contributed by atoms with Crippen LogP contribution in [0.25, 0.3) is 144 Å². The molecule has 0 bridgehead atoms. The van der Waals surface area contributed by atoms with Gasteiger partial charge in [0.05, 0.1) is 0 Å². The molecule has 0 atom stereocenters. The van der Waals surface area contributed by atoms with Crippen LogP contribution in [0.4, 0.5) is 0 Å². The van der Waals surface area contributed by atoms with E-state index in [1.54, 1.807) is 12.4 Å². The minimum absolute atomic E-state index is 0.580. The molecule has 14 rings (SSSR count). The molecule has 72 heavy (non-hydrogen) atoms. The quantitative estimate of drug-likeness (QED) is 0.139. The normalized spacial score (nSPS) is 11.6. The van der Waals surface area contributed by atoms with Gasteiger partial charge in [-0.2, -0.15) is 0 Å². The van der Waals surface area contributed by atoms with Gasteiger partial charge in [-0.25, -0.2) is 29.9 Å². The Morgan fingerprint density at radius 1 is 0.208 bits per heavy atom. The number of pyridine rings is 2. The Balaban J connectivity index is 0.953. The van der Waals surface area contributed by atoms with Gasteiger partial charge in [0.25, 0.3) is 0 Å². The zero-order valence-electron chi connectivity index (χ0n) is 38.5. The highest BCUT2D eigenvalue weighted by molar-refractivity contribution is 6.27. The summed E-state index contributed by atoms with van der Waals surface area (Å²) in [6.45, 7) is 0. The lowest BCUT2D eigenvalue weighted by Crippen LogP contribution is -2.02. The molecule has 0 aliphatic rings. The van der Waals surface area contributed by atoms with Gasteiger partial charge in [0.1, 0.15) is 0 Å². The van der Waals surface area contributed by atoms with E-state index in [0.717, 1.165) is 109 Å². The van der Waals surface area contributed by atoms with Crippen molar-refractivity contribution in [1.82, 2.24) is 39.9 Å². The Hall–Kier alpha value is -9.92. The summed E-state index contributed by atoms with van der Waals surface area (Å²) in [5.41, 5.74) is 9.68. The molecular weight excluding hydrogens is 881 g/mol. The Morgan fingerprint density at radius 2 is 0.569 bits per heavy atom. The molecule has 0 aliphatic heterocycles. The summed E-state index contributed by atoms with van der Waals surface area (Å²) in [6.07, 6.45) is 7.32. The van der Waals surface area contributed by atoms with Crippen LogP contribution < -0.4 is 0 Å². The molecule has 0 saturated heterocycles. The molecule has 14 aromatic rings. The Kier molecular flexibility index (Phi) is 9.67. The second-order valence-corrected chi connectivity index (χ2v) is 18.0. The number of nitrogens with zero attached hydrogens (tertiary/aromatic N) is 8. The average molecular weight is 919 g/mol. The van der Waals surface area contributed by atoms with Crippen LogP contribution in [0.3, 0.4) is 0 Å². The van der Waals surface area contributed by atoms with Gasteiger partial charge in [-0.05, 0) is 100 Å². The predicted molar refractivity (Wildman–Crippen MR) is 291 cm³/mol. The third kappa shape index (κ3) is 7.08. The van der Waals surface area contributed by atoms with Crippen molar-refractivity contribution in [3.63, 3.8) is 0 Å². The van der Waals surface area contributed by atoms with Crippen LogP contribution in [-0.4, -0.2) is 39.9 Å². The highest BCUT2D eigenvalue weighted by Gasteiger charge is 2.22. The Bertz CT molecular complexity index is 4160. The van der Waals surface area contributed by atoms with Crippen LogP contribution in [0.1, 0.15) is 0 Å². The summed E-state index contributed by atoms with van der Waals surface area (Å²) >= 11 is 0.